The van der Waals surface area contributed by atoms with Crippen LogP contribution in [0.4, 0.5) is 4.39 Å². The summed E-state index contributed by atoms with van der Waals surface area (Å²) in [6, 6.07) is 14.1. The molecule has 2 aromatic carbocycles. The van der Waals surface area contributed by atoms with E-state index >= 15 is 0 Å². The highest BCUT2D eigenvalue weighted by molar-refractivity contribution is 5.31. The van der Waals surface area contributed by atoms with Gasteiger partial charge in [0, 0.05) is 12.6 Å². The van der Waals surface area contributed by atoms with Gasteiger partial charge < -0.3 is 10.1 Å². The third-order valence-corrected chi connectivity index (χ3v) is 3.82. The molecule has 21 heavy (non-hydrogen) atoms. The maximum atomic E-state index is 13.9. The van der Waals surface area contributed by atoms with Crippen LogP contribution < -0.4 is 10.1 Å². The molecular weight excluding hydrogens is 265 g/mol. The standard InChI is InChI=1S/C18H20FNO/c1-13-5-4-8-17(18(13)19)21-12-15-7-3-2-6-14(15)11-20-16-9-10-16/h2-8,16,20H,9-12H2,1H3. The van der Waals surface area contributed by atoms with E-state index in [1.807, 2.05) is 24.3 Å². The molecule has 0 atom stereocenters. The van der Waals surface area contributed by atoms with Crippen LogP contribution in [0.5, 0.6) is 5.75 Å². The molecule has 1 aliphatic carbocycles. The minimum absolute atomic E-state index is 0.272. The molecule has 0 aromatic heterocycles. The number of hydrogen-bond donors (Lipinski definition) is 1. The zero-order chi connectivity index (χ0) is 14.7. The summed E-state index contributed by atoms with van der Waals surface area (Å²) in [6.07, 6.45) is 2.54. The topological polar surface area (TPSA) is 21.3 Å². The summed E-state index contributed by atoms with van der Waals surface area (Å²) in [4.78, 5) is 0. The van der Waals surface area contributed by atoms with Gasteiger partial charge in [-0.2, -0.15) is 0 Å². The van der Waals surface area contributed by atoms with Gasteiger partial charge in [0.15, 0.2) is 11.6 Å². The Labute approximate surface area is 125 Å². The van der Waals surface area contributed by atoms with E-state index in [1.54, 1.807) is 19.1 Å². The molecule has 0 bridgehead atoms. The zero-order valence-electron chi connectivity index (χ0n) is 12.2. The van der Waals surface area contributed by atoms with Crippen molar-refractivity contribution in [2.45, 2.75) is 39.0 Å². The van der Waals surface area contributed by atoms with E-state index in [-0.39, 0.29) is 5.82 Å². The second-order valence-corrected chi connectivity index (χ2v) is 5.60. The van der Waals surface area contributed by atoms with Gasteiger partial charge in [0.1, 0.15) is 6.61 Å². The predicted molar refractivity (Wildman–Crippen MR) is 81.8 cm³/mol. The van der Waals surface area contributed by atoms with Gasteiger partial charge >= 0.3 is 0 Å². The molecule has 3 heteroatoms. The highest BCUT2D eigenvalue weighted by atomic mass is 19.1. The molecule has 2 aromatic rings. The Balaban J connectivity index is 1.67. The summed E-state index contributed by atoms with van der Waals surface area (Å²) in [5.41, 5.74) is 2.93. The third kappa shape index (κ3) is 3.61. The molecule has 1 fully saturated rings. The van der Waals surface area contributed by atoms with Crippen molar-refractivity contribution in [2.75, 3.05) is 0 Å². The molecule has 2 nitrogen and oxygen atoms in total. The molecule has 1 aliphatic rings. The first kappa shape index (κ1) is 14.1. The fourth-order valence-corrected chi connectivity index (χ4v) is 2.30. The molecule has 0 saturated heterocycles. The van der Waals surface area contributed by atoms with Gasteiger partial charge in [0.05, 0.1) is 0 Å². The van der Waals surface area contributed by atoms with Gasteiger partial charge in [-0.1, -0.05) is 36.4 Å². The van der Waals surface area contributed by atoms with Crippen molar-refractivity contribution in [3.8, 4) is 5.75 Å². The fraction of sp³-hybridized carbons (Fsp3) is 0.333. The summed E-state index contributed by atoms with van der Waals surface area (Å²) < 4.78 is 19.6. The Bertz CT molecular complexity index is 622. The van der Waals surface area contributed by atoms with Gasteiger partial charge in [-0.15, -0.1) is 0 Å². The average Bonchev–Trinajstić information content (AvgIpc) is 3.32. The quantitative estimate of drug-likeness (QED) is 0.867. The minimum Gasteiger partial charge on any atom is -0.486 e. The summed E-state index contributed by atoms with van der Waals surface area (Å²) in [5, 5.41) is 3.50. The SMILES string of the molecule is Cc1cccc(OCc2ccccc2CNC2CC2)c1F. The molecule has 0 aliphatic heterocycles. The summed E-state index contributed by atoms with van der Waals surface area (Å²) >= 11 is 0. The smallest absolute Gasteiger partial charge is 0.167 e. The number of aryl methyl sites for hydroxylation is 1. The lowest BCUT2D eigenvalue weighted by Crippen LogP contribution is -2.17. The van der Waals surface area contributed by atoms with E-state index in [4.69, 9.17) is 4.74 Å². The van der Waals surface area contributed by atoms with Crippen molar-refractivity contribution in [1.29, 1.82) is 0 Å². The Hall–Kier alpha value is -1.87. The summed E-state index contributed by atoms with van der Waals surface area (Å²) in [7, 11) is 0. The summed E-state index contributed by atoms with van der Waals surface area (Å²) in [6.45, 7) is 2.99. The maximum Gasteiger partial charge on any atom is 0.167 e. The lowest BCUT2D eigenvalue weighted by Gasteiger charge is -2.12. The van der Waals surface area contributed by atoms with E-state index in [1.165, 1.54) is 18.4 Å². The van der Waals surface area contributed by atoms with Crippen LogP contribution in [0.15, 0.2) is 42.5 Å². The highest BCUT2D eigenvalue weighted by Crippen LogP contribution is 2.23. The molecule has 1 N–H and O–H groups in total. The molecule has 3 rings (SSSR count). The molecule has 0 spiro atoms. The molecule has 0 radical (unpaired) electrons. The second kappa shape index (κ2) is 6.27. The van der Waals surface area contributed by atoms with Crippen LogP contribution in [0, 0.1) is 12.7 Å². The van der Waals surface area contributed by atoms with Crippen LogP contribution in [0.3, 0.4) is 0 Å². The Morgan fingerprint density at radius 3 is 2.62 bits per heavy atom. The van der Waals surface area contributed by atoms with Crippen LogP contribution in [0.25, 0.3) is 0 Å². The van der Waals surface area contributed by atoms with Gasteiger partial charge in [0.2, 0.25) is 0 Å². The van der Waals surface area contributed by atoms with E-state index < -0.39 is 0 Å². The largest absolute Gasteiger partial charge is 0.486 e. The number of rotatable bonds is 6. The normalized spacial score (nSPS) is 14.2. The number of halogens is 1. The molecule has 0 unspecified atom stereocenters. The van der Waals surface area contributed by atoms with Crippen molar-refractivity contribution in [2.24, 2.45) is 0 Å². The lowest BCUT2D eigenvalue weighted by atomic mass is 10.1. The van der Waals surface area contributed by atoms with E-state index in [0.29, 0.717) is 24.0 Å². The van der Waals surface area contributed by atoms with Crippen LogP contribution in [0.2, 0.25) is 0 Å². The third-order valence-electron chi connectivity index (χ3n) is 3.82. The zero-order valence-corrected chi connectivity index (χ0v) is 12.2. The fourth-order valence-electron chi connectivity index (χ4n) is 2.30. The van der Waals surface area contributed by atoms with Gasteiger partial charge in [-0.25, -0.2) is 4.39 Å². The maximum absolute atomic E-state index is 13.9. The van der Waals surface area contributed by atoms with Crippen LogP contribution in [-0.4, -0.2) is 6.04 Å². The van der Waals surface area contributed by atoms with Crippen LogP contribution in [0.1, 0.15) is 29.5 Å². The molecular formula is C18H20FNO. The Morgan fingerprint density at radius 2 is 1.86 bits per heavy atom. The Kier molecular flexibility index (Phi) is 4.20. The Morgan fingerprint density at radius 1 is 1.10 bits per heavy atom. The second-order valence-electron chi connectivity index (χ2n) is 5.60. The molecule has 1 saturated carbocycles. The first-order valence-electron chi connectivity index (χ1n) is 7.42. The number of benzene rings is 2. The average molecular weight is 285 g/mol. The van der Waals surface area contributed by atoms with Crippen molar-refractivity contribution < 1.29 is 9.13 Å². The van der Waals surface area contributed by atoms with Gasteiger partial charge in [0.25, 0.3) is 0 Å². The molecule has 110 valence electrons. The van der Waals surface area contributed by atoms with Crippen molar-refractivity contribution in [3.63, 3.8) is 0 Å². The van der Waals surface area contributed by atoms with E-state index in [2.05, 4.69) is 11.4 Å². The van der Waals surface area contributed by atoms with Gasteiger partial charge in [-0.05, 0) is 42.5 Å². The van der Waals surface area contributed by atoms with E-state index in [9.17, 15) is 4.39 Å². The van der Waals surface area contributed by atoms with Gasteiger partial charge in [-0.3, -0.25) is 0 Å². The van der Waals surface area contributed by atoms with Crippen molar-refractivity contribution in [1.82, 2.24) is 5.32 Å². The van der Waals surface area contributed by atoms with E-state index in [0.717, 1.165) is 12.1 Å². The summed E-state index contributed by atoms with van der Waals surface area (Å²) in [5.74, 6) is 0.0473. The highest BCUT2D eigenvalue weighted by Gasteiger charge is 2.20. The lowest BCUT2D eigenvalue weighted by molar-refractivity contribution is 0.288. The first-order chi connectivity index (χ1) is 10.2. The predicted octanol–water partition coefficient (Wildman–Crippen LogP) is 3.97. The van der Waals surface area contributed by atoms with Crippen LogP contribution >= 0.6 is 0 Å². The minimum atomic E-state index is -0.272. The first-order valence-corrected chi connectivity index (χ1v) is 7.42. The van der Waals surface area contributed by atoms with Crippen molar-refractivity contribution in [3.05, 3.63) is 65.0 Å². The number of nitrogens with one attached hydrogen (secondary N) is 1. The molecule has 0 amide bonds. The van der Waals surface area contributed by atoms with Crippen molar-refractivity contribution >= 4 is 0 Å². The molecule has 0 heterocycles. The monoisotopic (exact) mass is 285 g/mol. The van der Waals surface area contributed by atoms with Crippen LogP contribution in [-0.2, 0) is 13.2 Å². The number of ether oxygens (including phenoxy) is 1. The number of hydrogen-bond acceptors (Lipinski definition) is 2.